The smallest absolute Gasteiger partial charge is 0.341 e. The fourth-order valence-corrected chi connectivity index (χ4v) is 2.06. The Bertz CT molecular complexity index is 765. The number of halogens is 3. The standard InChI is InChI=1S/C16H12BrF2NO3/c1-9-2-4-11(7-13(9)18)20-15(21)8-23-16(22)12-5-3-10(17)6-14(12)19/h2-7H,8H2,1H3,(H,20,21). The maximum absolute atomic E-state index is 13.6. The predicted molar refractivity (Wildman–Crippen MR) is 84.1 cm³/mol. The Morgan fingerprint density at radius 2 is 1.87 bits per heavy atom. The number of carbonyl (C=O) groups is 2. The zero-order valence-electron chi connectivity index (χ0n) is 12.0. The van der Waals surface area contributed by atoms with Gasteiger partial charge in [0, 0.05) is 10.2 Å². The van der Waals surface area contributed by atoms with Crippen molar-refractivity contribution in [2.24, 2.45) is 0 Å². The Morgan fingerprint density at radius 3 is 2.52 bits per heavy atom. The molecule has 2 aromatic rings. The number of rotatable bonds is 4. The fraction of sp³-hybridized carbons (Fsp3) is 0.125. The van der Waals surface area contributed by atoms with Crippen LogP contribution in [-0.2, 0) is 9.53 Å². The average Bonchev–Trinajstić information content (AvgIpc) is 2.48. The van der Waals surface area contributed by atoms with Gasteiger partial charge in [-0.2, -0.15) is 0 Å². The van der Waals surface area contributed by atoms with E-state index in [1.807, 2.05) is 0 Å². The minimum atomic E-state index is -0.958. The monoisotopic (exact) mass is 383 g/mol. The Labute approximate surface area is 139 Å². The number of hydrogen-bond acceptors (Lipinski definition) is 3. The molecule has 0 unspecified atom stereocenters. The Balaban J connectivity index is 1.93. The molecule has 0 aliphatic rings. The molecule has 4 nitrogen and oxygen atoms in total. The van der Waals surface area contributed by atoms with Gasteiger partial charge in [0.1, 0.15) is 11.6 Å². The maximum atomic E-state index is 13.6. The summed E-state index contributed by atoms with van der Waals surface area (Å²) in [5.74, 6) is -2.83. The minimum absolute atomic E-state index is 0.240. The van der Waals surface area contributed by atoms with Crippen LogP contribution >= 0.6 is 15.9 Å². The highest BCUT2D eigenvalue weighted by Crippen LogP contribution is 2.16. The summed E-state index contributed by atoms with van der Waals surface area (Å²) >= 11 is 3.07. The van der Waals surface area contributed by atoms with Gasteiger partial charge in [-0.15, -0.1) is 0 Å². The molecule has 0 saturated carbocycles. The van der Waals surface area contributed by atoms with Gasteiger partial charge in [0.05, 0.1) is 5.56 Å². The van der Waals surface area contributed by atoms with Gasteiger partial charge in [0.2, 0.25) is 0 Å². The summed E-state index contributed by atoms with van der Waals surface area (Å²) in [6.45, 7) is 0.985. The molecule has 0 aliphatic carbocycles. The fourth-order valence-electron chi connectivity index (χ4n) is 1.73. The van der Waals surface area contributed by atoms with Crippen molar-refractivity contribution >= 4 is 33.5 Å². The number of carbonyl (C=O) groups excluding carboxylic acids is 2. The van der Waals surface area contributed by atoms with E-state index in [-0.39, 0.29) is 11.3 Å². The topological polar surface area (TPSA) is 55.4 Å². The second kappa shape index (κ2) is 7.32. The SMILES string of the molecule is Cc1ccc(NC(=O)COC(=O)c2ccc(Br)cc2F)cc1F. The highest BCUT2D eigenvalue weighted by atomic mass is 79.9. The van der Waals surface area contributed by atoms with Gasteiger partial charge < -0.3 is 10.1 Å². The van der Waals surface area contributed by atoms with Crippen LogP contribution < -0.4 is 5.32 Å². The minimum Gasteiger partial charge on any atom is -0.452 e. The third kappa shape index (κ3) is 4.59. The van der Waals surface area contributed by atoms with Gasteiger partial charge in [0.25, 0.3) is 5.91 Å². The molecule has 120 valence electrons. The van der Waals surface area contributed by atoms with E-state index in [1.54, 1.807) is 6.92 Å². The van der Waals surface area contributed by atoms with Crippen LogP contribution in [0.2, 0.25) is 0 Å². The molecule has 0 bridgehead atoms. The van der Waals surface area contributed by atoms with Crippen LogP contribution in [-0.4, -0.2) is 18.5 Å². The molecule has 0 fully saturated rings. The molecular formula is C16H12BrF2NO3. The third-order valence-electron chi connectivity index (χ3n) is 2.94. The molecule has 0 atom stereocenters. The summed E-state index contributed by atoms with van der Waals surface area (Å²) in [6, 6.07) is 8.03. The van der Waals surface area contributed by atoms with Crippen LogP contribution in [0.25, 0.3) is 0 Å². The van der Waals surface area contributed by atoms with E-state index in [1.165, 1.54) is 24.3 Å². The van der Waals surface area contributed by atoms with E-state index in [0.29, 0.717) is 10.0 Å². The molecule has 2 aromatic carbocycles. The normalized spacial score (nSPS) is 10.3. The molecule has 7 heteroatoms. The zero-order chi connectivity index (χ0) is 17.0. The van der Waals surface area contributed by atoms with E-state index in [4.69, 9.17) is 4.74 Å². The first-order valence-electron chi connectivity index (χ1n) is 6.55. The highest BCUT2D eigenvalue weighted by Gasteiger charge is 2.15. The van der Waals surface area contributed by atoms with Gasteiger partial charge in [-0.1, -0.05) is 22.0 Å². The molecule has 0 aromatic heterocycles. The van der Waals surface area contributed by atoms with Crippen LogP contribution in [0.3, 0.4) is 0 Å². The molecule has 0 aliphatic heterocycles. The van der Waals surface area contributed by atoms with Crippen molar-refractivity contribution < 1.29 is 23.1 Å². The van der Waals surface area contributed by atoms with Crippen LogP contribution in [0.1, 0.15) is 15.9 Å². The second-order valence-electron chi connectivity index (χ2n) is 4.71. The number of esters is 1. The lowest BCUT2D eigenvalue weighted by Gasteiger charge is -2.08. The molecule has 1 N–H and O–H groups in total. The summed E-state index contributed by atoms with van der Waals surface area (Å²) in [5, 5.41) is 2.38. The lowest BCUT2D eigenvalue weighted by atomic mass is 10.2. The van der Waals surface area contributed by atoms with Crippen molar-refractivity contribution in [3.8, 4) is 0 Å². The number of hydrogen-bond donors (Lipinski definition) is 1. The molecule has 0 saturated heterocycles. The van der Waals surface area contributed by atoms with Crippen LogP contribution in [0.15, 0.2) is 40.9 Å². The first-order chi connectivity index (χ1) is 10.9. The summed E-state index contributed by atoms with van der Waals surface area (Å²) < 4.78 is 32.2. The Hall–Kier alpha value is -2.28. The molecule has 0 spiro atoms. The number of anilines is 1. The summed E-state index contributed by atoms with van der Waals surface area (Å²) in [6.07, 6.45) is 0. The third-order valence-corrected chi connectivity index (χ3v) is 3.43. The lowest BCUT2D eigenvalue weighted by Crippen LogP contribution is -2.21. The number of aryl methyl sites for hydroxylation is 1. The summed E-state index contributed by atoms with van der Waals surface area (Å²) in [4.78, 5) is 23.4. The molecule has 0 radical (unpaired) electrons. The van der Waals surface area contributed by atoms with E-state index in [0.717, 1.165) is 12.1 Å². The van der Waals surface area contributed by atoms with E-state index in [2.05, 4.69) is 21.2 Å². The molecule has 23 heavy (non-hydrogen) atoms. The van der Waals surface area contributed by atoms with Crippen molar-refractivity contribution in [3.05, 3.63) is 63.6 Å². The highest BCUT2D eigenvalue weighted by molar-refractivity contribution is 9.10. The lowest BCUT2D eigenvalue weighted by molar-refractivity contribution is -0.119. The Kier molecular flexibility index (Phi) is 5.44. The number of ether oxygens (including phenoxy) is 1. The average molecular weight is 384 g/mol. The van der Waals surface area contributed by atoms with Crippen LogP contribution in [0, 0.1) is 18.6 Å². The Morgan fingerprint density at radius 1 is 1.13 bits per heavy atom. The molecule has 1 amide bonds. The largest absolute Gasteiger partial charge is 0.452 e. The summed E-state index contributed by atoms with van der Waals surface area (Å²) in [5.41, 5.74) is 0.409. The number of amides is 1. The van der Waals surface area contributed by atoms with Gasteiger partial charge in [-0.3, -0.25) is 4.79 Å². The quantitative estimate of drug-likeness (QED) is 0.816. The van der Waals surface area contributed by atoms with Crippen LogP contribution in [0.4, 0.5) is 14.5 Å². The summed E-state index contributed by atoms with van der Waals surface area (Å²) in [7, 11) is 0. The predicted octanol–water partition coefficient (Wildman–Crippen LogP) is 3.83. The second-order valence-corrected chi connectivity index (χ2v) is 5.63. The van der Waals surface area contributed by atoms with E-state index in [9.17, 15) is 18.4 Å². The van der Waals surface area contributed by atoms with Gasteiger partial charge in [-0.05, 0) is 42.8 Å². The first-order valence-corrected chi connectivity index (χ1v) is 7.34. The molecule has 0 heterocycles. The van der Waals surface area contributed by atoms with Gasteiger partial charge >= 0.3 is 5.97 Å². The zero-order valence-corrected chi connectivity index (χ0v) is 13.6. The maximum Gasteiger partial charge on any atom is 0.341 e. The number of nitrogens with one attached hydrogen (secondary N) is 1. The first kappa shape index (κ1) is 17.1. The molecular weight excluding hydrogens is 372 g/mol. The van der Waals surface area contributed by atoms with Crippen molar-refractivity contribution in [3.63, 3.8) is 0 Å². The number of benzene rings is 2. The van der Waals surface area contributed by atoms with Crippen molar-refractivity contribution in [1.82, 2.24) is 0 Å². The van der Waals surface area contributed by atoms with Gasteiger partial charge in [-0.25, -0.2) is 13.6 Å². The van der Waals surface area contributed by atoms with Crippen LogP contribution in [0.5, 0.6) is 0 Å². The van der Waals surface area contributed by atoms with Gasteiger partial charge in [0.15, 0.2) is 6.61 Å². The van der Waals surface area contributed by atoms with Crippen molar-refractivity contribution in [1.29, 1.82) is 0 Å². The van der Waals surface area contributed by atoms with Crippen molar-refractivity contribution in [2.45, 2.75) is 6.92 Å². The van der Waals surface area contributed by atoms with E-state index < -0.39 is 30.1 Å². The van der Waals surface area contributed by atoms with E-state index >= 15 is 0 Å². The molecule has 2 rings (SSSR count). The van der Waals surface area contributed by atoms with Crippen molar-refractivity contribution in [2.75, 3.05) is 11.9 Å².